The van der Waals surface area contributed by atoms with Crippen LogP contribution in [0.1, 0.15) is 32.4 Å². The Bertz CT molecular complexity index is 695. The maximum Gasteiger partial charge on any atom is 0.275 e. The average Bonchev–Trinajstić information content (AvgIpc) is 2.81. The lowest BCUT2D eigenvalue weighted by Crippen LogP contribution is -2.31. The molecule has 1 aliphatic rings. The molecule has 0 atom stereocenters. The normalized spacial score (nSPS) is 17.1. The smallest absolute Gasteiger partial charge is 0.275 e. The van der Waals surface area contributed by atoms with Crippen molar-refractivity contribution in [2.24, 2.45) is 0 Å². The Morgan fingerprint density at radius 3 is 2.86 bits per heavy atom. The molecule has 0 aromatic carbocycles. The van der Waals surface area contributed by atoms with Gasteiger partial charge < -0.3 is 9.80 Å². The number of anilines is 1. The van der Waals surface area contributed by atoms with Gasteiger partial charge in [0.15, 0.2) is 0 Å². The molecule has 22 heavy (non-hydrogen) atoms. The van der Waals surface area contributed by atoms with E-state index in [1.807, 2.05) is 6.92 Å². The second-order valence-electron chi connectivity index (χ2n) is 5.70. The minimum atomic E-state index is -0.0771. The van der Waals surface area contributed by atoms with Gasteiger partial charge in [-0.2, -0.15) is 4.52 Å². The van der Waals surface area contributed by atoms with Crippen LogP contribution in [0.15, 0.2) is 10.9 Å². The lowest BCUT2D eigenvalue weighted by Gasteiger charge is -2.20. The minimum Gasteiger partial charge on any atom is -0.345 e. The van der Waals surface area contributed by atoms with Gasteiger partial charge in [0.05, 0.1) is 0 Å². The van der Waals surface area contributed by atoms with E-state index in [2.05, 4.69) is 26.8 Å². The zero-order valence-corrected chi connectivity index (χ0v) is 14.1. The summed E-state index contributed by atoms with van der Waals surface area (Å²) in [5, 5.41) is 5.40. The number of rotatable bonds is 4. The lowest BCUT2D eigenvalue weighted by atomic mass is 10.3. The molecule has 3 rings (SSSR count). The molecule has 0 spiro atoms. The lowest BCUT2D eigenvalue weighted by molar-refractivity contribution is 0.294. The molecule has 0 aliphatic carbocycles. The van der Waals surface area contributed by atoms with E-state index in [1.165, 1.54) is 22.3 Å². The SMILES string of the molecule is CCCN1CCCN(c2nn3c(=O)cc(CC)nc3s2)CC1. The fraction of sp³-hybridized carbons (Fsp3) is 0.667. The molecular formula is C15H23N5OS. The molecule has 0 unspecified atom stereocenters. The standard InChI is InChI=1S/C15H23N5OS/c1-3-6-18-7-5-8-19(10-9-18)15-17-20-13(21)11-12(4-2)16-14(20)22-15/h11H,3-10H2,1-2H3. The molecule has 120 valence electrons. The topological polar surface area (TPSA) is 53.7 Å². The molecule has 1 fully saturated rings. The fourth-order valence-electron chi connectivity index (χ4n) is 2.86. The van der Waals surface area contributed by atoms with E-state index in [4.69, 9.17) is 0 Å². The monoisotopic (exact) mass is 321 g/mol. The quantitative estimate of drug-likeness (QED) is 0.857. The molecule has 7 heteroatoms. The van der Waals surface area contributed by atoms with Crippen molar-refractivity contribution in [1.29, 1.82) is 0 Å². The van der Waals surface area contributed by atoms with E-state index in [0.29, 0.717) is 4.96 Å². The van der Waals surface area contributed by atoms with Crippen molar-refractivity contribution >= 4 is 21.4 Å². The molecule has 0 bridgehead atoms. The van der Waals surface area contributed by atoms with E-state index in [-0.39, 0.29) is 5.56 Å². The van der Waals surface area contributed by atoms with Crippen LogP contribution in [0.2, 0.25) is 0 Å². The van der Waals surface area contributed by atoms with Gasteiger partial charge in [0.2, 0.25) is 10.1 Å². The average molecular weight is 321 g/mol. The van der Waals surface area contributed by atoms with Crippen LogP contribution in [-0.4, -0.2) is 52.2 Å². The summed E-state index contributed by atoms with van der Waals surface area (Å²) in [5.74, 6) is 0. The van der Waals surface area contributed by atoms with Gasteiger partial charge in [0, 0.05) is 31.4 Å². The molecule has 0 N–H and O–H groups in total. The molecule has 2 aromatic rings. The van der Waals surface area contributed by atoms with E-state index in [1.54, 1.807) is 6.07 Å². The third-order valence-electron chi connectivity index (χ3n) is 4.05. The molecule has 3 heterocycles. The summed E-state index contributed by atoms with van der Waals surface area (Å²) in [7, 11) is 0. The minimum absolute atomic E-state index is 0.0771. The van der Waals surface area contributed by atoms with E-state index < -0.39 is 0 Å². The van der Waals surface area contributed by atoms with Crippen LogP contribution in [0.5, 0.6) is 0 Å². The van der Waals surface area contributed by atoms with E-state index in [0.717, 1.165) is 56.4 Å². The molecule has 2 aromatic heterocycles. The first-order chi connectivity index (χ1) is 10.7. The van der Waals surface area contributed by atoms with Crippen molar-refractivity contribution in [2.75, 3.05) is 37.6 Å². The third kappa shape index (κ3) is 3.15. The second-order valence-corrected chi connectivity index (χ2v) is 6.63. The van der Waals surface area contributed by atoms with Crippen molar-refractivity contribution in [2.45, 2.75) is 33.1 Å². The van der Waals surface area contributed by atoms with Crippen LogP contribution in [-0.2, 0) is 6.42 Å². The van der Waals surface area contributed by atoms with Crippen LogP contribution in [0, 0.1) is 0 Å². The van der Waals surface area contributed by atoms with Gasteiger partial charge in [-0.25, -0.2) is 4.98 Å². The van der Waals surface area contributed by atoms with Gasteiger partial charge in [-0.05, 0) is 32.4 Å². The molecule has 1 saturated heterocycles. The number of hydrogen-bond acceptors (Lipinski definition) is 6. The van der Waals surface area contributed by atoms with Gasteiger partial charge in [0.25, 0.3) is 5.56 Å². The van der Waals surface area contributed by atoms with E-state index >= 15 is 0 Å². The van der Waals surface area contributed by atoms with Crippen molar-refractivity contribution in [1.82, 2.24) is 19.5 Å². The second kappa shape index (κ2) is 6.75. The highest BCUT2D eigenvalue weighted by Gasteiger charge is 2.18. The number of aromatic nitrogens is 3. The summed E-state index contributed by atoms with van der Waals surface area (Å²) in [6.45, 7) is 9.57. The predicted molar refractivity (Wildman–Crippen MR) is 90.1 cm³/mol. The maximum atomic E-state index is 12.1. The summed E-state index contributed by atoms with van der Waals surface area (Å²) >= 11 is 1.52. The number of nitrogens with zero attached hydrogens (tertiary/aromatic N) is 5. The van der Waals surface area contributed by atoms with Crippen molar-refractivity contribution in [3.8, 4) is 0 Å². The summed E-state index contributed by atoms with van der Waals surface area (Å²) in [6, 6.07) is 1.59. The Morgan fingerprint density at radius 1 is 1.23 bits per heavy atom. The maximum absolute atomic E-state index is 12.1. The molecule has 1 aliphatic heterocycles. The summed E-state index contributed by atoms with van der Waals surface area (Å²) in [5.41, 5.74) is 0.761. The van der Waals surface area contributed by atoms with E-state index in [9.17, 15) is 4.79 Å². The Kier molecular flexibility index (Phi) is 4.73. The van der Waals surface area contributed by atoms with Crippen LogP contribution < -0.4 is 10.5 Å². The van der Waals surface area contributed by atoms with Gasteiger partial charge in [-0.3, -0.25) is 4.79 Å². The van der Waals surface area contributed by atoms with Crippen LogP contribution >= 0.6 is 11.3 Å². The zero-order valence-electron chi connectivity index (χ0n) is 13.3. The van der Waals surface area contributed by atoms with Gasteiger partial charge >= 0.3 is 0 Å². The Hall–Kier alpha value is -1.47. The zero-order chi connectivity index (χ0) is 15.5. The first-order valence-corrected chi connectivity index (χ1v) is 8.90. The molecule has 0 radical (unpaired) electrons. The number of fused-ring (bicyclic) bond motifs is 1. The fourth-order valence-corrected chi connectivity index (χ4v) is 3.83. The molecule has 0 amide bonds. The summed E-state index contributed by atoms with van der Waals surface area (Å²) in [6.07, 6.45) is 3.10. The summed E-state index contributed by atoms with van der Waals surface area (Å²) < 4.78 is 1.44. The Balaban J connectivity index is 1.84. The van der Waals surface area contributed by atoms with Crippen LogP contribution in [0.3, 0.4) is 0 Å². The predicted octanol–water partition coefficient (Wildman–Crippen LogP) is 1.64. The number of hydrogen-bond donors (Lipinski definition) is 0. The Morgan fingerprint density at radius 2 is 2.09 bits per heavy atom. The molecule has 6 nitrogen and oxygen atoms in total. The molecule has 0 saturated carbocycles. The van der Waals surface area contributed by atoms with Gasteiger partial charge in [0.1, 0.15) is 0 Å². The summed E-state index contributed by atoms with van der Waals surface area (Å²) in [4.78, 5) is 22.1. The van der Waals surface area contributed by atoms with Crippen molar-refractivity contribution < 1.29 is 0 Å². The van der Waals surface area contributed by atoms with Crippen LogP contribution in [0.25, 0.3) is 4.96 Å². The van der Waals surface area contributed by atoms with Gasteiger partial charge in [-0.15, -0.1) is 5.10 Å². The first-order valence-electron chi connectivity index (χ1n) is 8.08. The third-order valence-corrected chi connectivity index (χ3v) is 5.02. The Labute approximate surface area is 134 Å². The highest BCUT2D eigenvalue weighted by Crippen LogP contribution is 2.22. The highest BCUT2D eigenvalue weighted by molar-refractivity contribution is 7.20. The number of aryl methyl sites for hydroxylation is 1. The van der Waals surface area contributed by atoms with Crippen molar-refractivity contribution in [3.05, 3.63) is 22.1 Å². The first kappa shape index (κ1) is 15.4. The van der Waals surface area contributed by atoms with Crippen molar-refractivity contribution in [3.63, 3.8) is 0 Å². The largest absolute Gasteiger partial charge is 0.345 e. The van der Waals surface area contributed by atoms with Crippen LogP contribution in [0.4, 0.5) is 5.13 Å². The highest BCUT2D eigenvalue weighted by atomic mass is 32.1. The van der Waals surface area contributed by atoms with Gasteiger partial charge in [-0.1, -0.05) is 25.2 Å². The molecular weight excluding hydrogens is 298 g/mol.